The van der Waals surface area contributed by atoms with E-state index in [0.29, 0.717) is 17.9 Å². The molecule has 0 heterocycles. The number of hydrogen-bond acceptors (Lipinski definition) is 4. The molecule has 3 rings (SSSR count). The first kappa shape index (κ1) is 25.9. The maximum absolute atomic E-state index is 12.6. The fraction of sp³-hybridized carbons (Fsp3) is 0.345. The third-order valence-electron chi connectivity index (χ3n) is 5.94. The van der Waals surface area contributed by atoms with Crippen LogP contribution in [0.15, 0.2) is 72.8 Å². The quantitative estimate of drug-likeness (QED) is 0.146. The van der Waals surface area contributed by atoms with Crippen LogP contribution in [-0.2, 0) is 0 Å². The molecule has 0 aromatic heterocycles. The second-order valence-corrected chi connectivity index (χ2v) is 8.68. The predicted molar refractivity (Wildman–Crippen MR) is 141 cm³/mol. The van der Waals surface area contributed by atoms with Crippen molar-refractivity contribution in [3.63, 3.8) is 0 Å². The maximum Gasteiger partial charge on any atom is 0.269 e. The zero-order valence-corrected chi connectivity index (χ0v) is 20.4. The highest BCUT2D eigenvalue weighted by molar-refractivity contribution is 6.04. The summed E-state index contributed by atoms with van der Waals surface area (Å²) in [5, 5.41) is 13.7. The molecule has 0 fully saturated rings. The van der Waals surface area contributed by atoms with Crippen LogP contribution >= 0.6 is 0 Å². The Kier molecular flexibility index (Phi) is 10.3. The molecule has 3 aromatic carbocycles. The van der Waals surface area contributed by atoms with Crippen LogP contribution in [0.4, 0.5) is 11.4 Å². The van der Waals surface area contributed by atoms with Gasteiger partial charge in [-0.05, 0) is 66.1 Å². The van der Waals surface area contributed by atoms with Crippen LogP contribution in [0.3, 0.4) is 0 Å². The molecular weight excluding hydrogens is 440 g/mol. The summed E-state index contributed by atoms with van der Waals surface area (Å²) in [5.74, 6) is 0.583. The summed E-state index contributed by atoms with van der Waals surface area (Å²) in [5.41, 5.74) is 3.08. The number of carbonyl (C=O) groups excluding carboxylic acids is 1. The average Bonchev–Trinajstić information content (AvgIpc) is 2.88. The van der Waals surface area contributed by atoms with E-state index in [9.17, 15) is 14.9 Å². The zero-order chi connectivity index (χ0) is 24.9. The summed E-state index contributed by atoms with van der Waals surface area (Å²) >= 11 is 0. The van der Waals surface area contributed by atoms with Gasteiger partial charge in [-0.3, -0.25) is 14.9 Å². The molecule has 3 aromatic rings. The molecule has 6 nitrogen and oxygen atoms in total. The van der Waals surface area contributed by atoms with Crippen LogP contribution in [0.25, 0.3) is 11.1 Å². The molecule has 6 heteroatoms. The molecule has 0 atom stereocenters. The highest BCUT2D eigenvalue weighted by Crippen LogP contribution is 2.24. The van der Waals surface area contributed by atoms with E-state index < -0.39 is 4.92 Å². The highest BCUT2D eigenvalue weighted by atomic mass is 16.6. The van der Waals surface area contributed by atoms with Gasteiger partial charge in [-0.25, -0.2) is 0 Å². The lowest BCUT2D eigenvalue weighted by Gasteiger charge is -2.09. The van der Waals surface area contributed by atoms with Crippen molar-refractivity contribution in [1.82, 2.24) is 0 Å². The van der Waals surface area contributed by atoms with Crippen molar-refractivity contribution in [2.75, 3.05) is 11.9 Å². The van der Waals surface area contributed by atoms with Crippen LogP contribution < -0.4 is 10.1 Å². The number of carbonyl (C=O) groups is 1. The number of unbranched alkanes of at least 4 members (excludes halogenated alkanes) is 7. The minimum Gasteiger partial charge on any atom is -0.494 e. The zero-order valence-electron chi connectivity index (χ0n) is 20.4. The molecule has 184 valence electrons. The van der Waals surface area contributed by atoms with E-state index >= 15 is 0 Å². The third kappa shape index (κ3) is 8.56. The maximum atomic E-state index is 12.6. The number of non-ortho nitro benzene ring substituents is 1. The molecule has 0 saturated carbocycles. The van der Waals surface area contributed by atoms with E-state index in [-0.39, 0.29) is 11.6 Å². The molecule has 0 aliphatic rings. The molecule has 0 spiro atoms. The van der Waals surface area contributed by atoms with Crippen molar-refractivity contribution in [3.8, 4) is 16.9 Å². The number of nitrogens with zero attached hydrogens (tertiary/aromatic N) is 1. The third-order valence-corrected chi connectivity index (χ3v) is 5.94. The topological polar surface area (TPSA) is 81.5 Å². The van der Waals surface area contributed by atoms with Crippen LogP contribution in [0, 0.1) is 10.1 Å². The van der Waals surface area contributed by atoms with Gasteiger partial charge in [0, 0.05) is 23.4 Å². The Morgan fingerprint density at radius 3 is 1.89 bits per heavy atom. The van der Waals surface area contributed by atoms with Gasteiger partial charge in [0.25, 0.3) is 11.6 Å². The number of nitrogens with one attached hydrogen (secondary N) is 1. The molecule has 0 aliphatic heterocycles. The largest absolute Gasteiger partial charge is 0.494 e. The predicted octanol–water partition coefficient (Wildman–Crippen LogP) is 8.03. The Morgan fingerprint density at radius 1 is 0.771 bits per heavy atom. The SMILES string of the molecule is CCCCCCCCCCOc1ccc(C(=O)Nc2ccc(-c3ccc([N+](=O)[O-])cc3)cc2)cc1. The van der Waals surface area contributed by atoms with Gasteiger partial charge in [0.2, 0.25) is 0 Å². The summed E-state index contributed by atoms with van der Waals surface area (Å²) in [6.07, 6.45) is 10.1. The molecule has 0 radical (unpaired) electrons. The van der Waals surface area contributed by atoms with Gasteiger partial charge < -0.3 is 10.1 Å². The molecule has 0 bridgehead atoms. The number of nitro groups is 1. The number of ether oxygens (including phenoxy) is 1. The molecule has 1 amide bonds. The number of hydrogen-bond donors (Lipinski definition) is 1. The normalized spacial score (nSPS) is 10.7. The number of benzene rings is 3. The summed E-state index contributed by atoms with van der Waals surface area (Å²) in [7, 11) is 0. The average molecular weight is 475 g/mol. The van der Waals surface area contributed by atoms with Crippen molar-refractivity contribution in [1.29, 1.82) is 0 Å². The fourth-order valence-corrected chi connectivity index (χ4v) is 3.85. The first-order valence-electron chi connectivity index (χ1n) is 12.5. The van der Waals surface area contributed by atoms with Crippen molar-refractivity contribution in [3.05, 3.63) is 88.5 Å². The number of nitro benzene ring substituents is 1. The van der Waals surface area contributed by atoms with Crippen LogP contribution in [-0.4, -0.2) is 17.4 Å². The molecule has 35 heavy (non-hydrogen) atoms. The summed E-state index contributed by atoms with van der Waals surface area (Å²) in [6, 6.07) is 21.0. The minimum absolute atomic E-state index is 0.0576. The van der Waals surface area contributed by atoms with Crippen molar-refractivity contribution >= 4 is 17.3 Å². The monoisotopic (exact) mass is 474 g/mol. The minimum atomic E-state index is -0.418. The molecule has 1 N–H and O–H groups in total. The Bertz CT molecular complexity index is 1060. The lowest BCUT2D eigenvalue weighted by atomic mass is 10.0. The molecule has 0 unspecified atom stereocenters. The molecule has 0 saturated heterocycles. The lowest BCUT2D eigenvalue weighted by molar-refractivity contribution is -0.384. The van der Waals surface area contributed by atoms with Crippen molar-refractivity contribution < 1.29 is 14.5 Å². The van der Waals surface area contributed by atoms with Gasteiger partial charge in [-0.15, -0.1) is 0 Å². The Balaban J connectivity index is 1.41. The van der Waals surface area contributed by atoms with E-state index in [1.165, 1.54) is 57.1 Å². The lowest BCUT2D eigenvalue weighted by Crippen LogP contribution is -2.11. The molecule has 0 aliphatic carbocycles. The first-order chi connectivity index (χ1) is 17.1. The van der Waals surface area contributed by atoms with Gasteiger partial charge in [-0.2, -0.15) is 0 Å². The van der Waals surface area contributed by atoms with Gasteiger partial charge in [0.15, 0.2) is 0 Å². The summed E-state index contributed by atoms with van der Waals surface area (Å²) < 4.78 is 5.81. The van der Waals surface area contributed by atoms with Gasteiger partial charge >= 0.3 is 0 Å². The van der Waals surface area contributed by atoms with Crippen LogP contribution in [0.1, 0.15) is 68.6 Å². The number of amides is 1. The van der Waals surface area contributed by atoms with Gasteiger partial charge in [-0.1, -0.05) is 64.0 Å². The fourth-order valence-electron chi connectivity index (χ4n) is 3.85. The number of anilines is 1. The van der Waals surface area contributed by atoms with Crippen LogP contribution in [0.5, 0.6) is 5.75 Å². The molecular formula is C29H34N2O4. The Morgan fingerprint density at radius 2 is 1.31 bits per heavy atom. The standard InChI is InChI=1S/C29H34N2O4/c1-2-3-4-5-6-7-8-9-22-35-28-20-14-25(15-21-28)29(32)30-26-16-10-23(11-17-26)24-12-18-27(19-13-24)31(33)34/h10-21H,2-9,22H2,1H3,(H,30,32). The van der Waals surface area contributed by atoms with Gasteiger partial charge in [0.1, 0.15) is 5.75 Å². The van der Waals surface area contributed by atoms with Gasteiger partial charge in [0.05, 0.1) is 11.5 Å². The second-order valence-electron chi connectivity index (χ2n) is 8.68. The van der Waals surface area contributed by atoms with E-state index in [1.807, 2.05) is 36.4 Å². The number of rotatable bonds is 14. The van der Waals surface area contributed by atoms with E-state index in [4.69, 9.17) is 4.74 Å². The summed E-state index contributed by atoms with van der Waals surface area (Å²) in [6.45, 7) is 2.93. The Hall–Kier alpha value is -3.67. The van der Waals surface area contributed by atoms with E-state index in [0.717, 1.165) is 23.3 Å². The highest BCUT2D eigenvalue weighted by Gasteiger charge is 2.08. The van der Waals surface area contributed by atoms with E-state index in [2.05, 4.69) is 12.2 Å². The van der Waals surface area contributed by atoms with Crippen LogP contribution in [0.2, 0.25) is 0 Å². The summed E-state index contributed by atoms with van der Waals surface area (Å²) in [4.78, 5) is 23.0. The smallest absolute Gasteiger partial charge is 0.269 e. The van der Waals surface area contributed by atoms with Crippen molar-refractivity contribution in [2.24, 2.45) is 0 Å². The van der Waals surface area contributed by atoms with Crippen molar-refractivity contribution in [2.45, 2.75) is 58.3 Å². The Labute approximate surface area is 207 Å². The van der Waals surface area contributed by atoms with E-state index in [1.54, 1.807) is 24.3 Å². The second kappa shape index (κ2) is 13.9. The first-order valence-corrected chi connectivity index (χ1v) is 12.5.